The van der Waals surface area contributed by atoms with Crippen LogP contribution in [0.2, 0.25) is 0 Å². The number of hydrogen-bond acceptors (Lipinski definition) is 2. The Hall–Kier alpha value is -1.15. The van der Waals surface area contributed by atoms with Gasteiger partial charge in [0.1, 0.15) is 0 Å². The van der Waals surface area contributed by atoms with Gasteiger partial charge in [0.15, 0.2) is 0 Å². The molecule has 0 saturated carbocycles. The molecule has 2 heteroatoms. The summed E-state index contributed by atoms with van der Waals surface area (Å²) >= 11 is 0. The SMILES string of the molecule is CCCN1CCC(C2=NCc3ccccc32)CC1. The Morgan fingerprint density at radius 3 is 2.78 bits per heavy atom. The van der Waals surface area contributed by atoms with E-state index < -0.39 is 0 Å². The van der Waals surface area contributed by atoms with E-state index >= 15 is 0 Å². The fraction of sp³-hybridized carbons (Fsp3) is 0.562. The van der Waals surface area contributed by atoms with Crippen molar-refractivity contribution in [3.63, 3.8) is 0 Å². The summed E-state index contributed by atoms with van der Waals surface area (Å²) < 4.78 is 0. The Morgan fingerprint density at radius 2 is 2.00 bits per heavy atom. The summed E-state index contributed by atoms with van der Waals surface area (Å²) in [5, 5.41) is 0. The minimum Gasteiger partial charge on any atom is -0.303 e. The number of hydrogen-bond donors (Lipinski definition) is 0. The van der Waals surface area contributed by atoms with E-state index in [-0.39, 0.29) is 0 Å². The average Bonchev–Trinajstić information content (AvgIpc) is 2.84. The van der Waals surface area contributed by atoms with Crippen LogP contribution in [-0.4, -0.2) is 30.2 Å². The zero-order valence-electron chi connectivity index (χ0n) is 11.2. The largest absolute Gasteiger partial charge is 0.303 e. The number of likely N-dealkylation sites (tertiary alicyclic amines) is 1. The van der Waals surface area contributed by atoms with Gasteiger partial charge in [0, 0.05) is 17.2 Å². The Morgan fingerprint density at radius 1 is 1.22 bits per heavy atom. The van der Waals surface area contributed by atoms with Crippen LogP contribution in [0.1, 0.15) is 37.3 Å². The molecule has 0 radical (unpaired) electrons. The number of nitrogens with zero attached hydrogens (tertiary/aromatic N) is 2. The van der Waals surface area contributed by atoms with E-state index in [0.29, 0.717) is 5.92 Å². The van der Waals surface area contributed by atoms with Crippen LogP contribution in [0.4, 0.5) is 0 Å². The molecule has 2 nitrogen and oxygen atoms in total. The van der Waals surface area contributed by atoms with Crippen LogP contribution in [0.15, 0.2) is 29.3 Å². The van der Waals surface area contributed by atoms with Gasteiger partial charge in [0.2, 0.25) is 0 Å². The van der Waals surface area contributed by atoms with E-state index in [9.17, 15) is 0 Å². The molecule has 96 valence electrons. The lowest BCUT2D eigenvalue weighted by molar-refractivity contribution is 0.210. The second kappa shape index (κ2) is 5.23. The summed E-state index contributed by atoms with van der Waals surface area (Å²) in [6.07, 6.45) is 3.84. The van der Waals surface area contributed by atoms with Crippen molar-refractivity contribution in [2.45, 2.75) is 32.7 Å². The van der Waals surface area contributed by atoms with Crippen molar-refractivity contribution in [2.75, 3.05) is 19.6 Å². The van der Waals surface area contributed by atoms with Crippen molar-refractivity contribution >= 4 is 5.71 Å². The highest BCUT2D eigenvalue weighted by Crippen LogP contribution is 2.28. The molecular weight excluding hydrogens is 220 g/mol. The van der Waals surface area contributed by atoms with Crippen LogP contribution in [0.5, 0.6) is 0 Å². The highest BCUT2D eigenvalue weighted by Gasteiger charge is 2.27. The van der Waals surface area contributed by atoms with Gasteiger partial charge in [-0.15, -0.1) is 0 Å². The van der Waals surface area contributed by atoms with Gasteiger partial charge in [-0.3, -0.25) is 4.99 Å². The van der Waals surface area contributed by atoms with Gasteiger partial charge in [0.25, 0.3) is 0 Å². The summed E-state index contributed by atoms with van der Waals surface area (Å²) in [5.41, 5.74) is 4.23. The van der Waals surface area contributed by atoms with Gasteiger partial charge in [-0.25, -0.2) is 0 Å². The molecular formula is C16H22N2. The van der Waals surface area contributed by atoms with Crippen molar-refractivity contribution in [3.8, 4) is 0 Å². The van der Waals surface area contributed by atoms with Crippen molar-refractivity contribution in [2.24, 2.45) is 10.9 Å². The molecule has 0 atom stereocenters. The molecule has 18 heavy (non-hydrogen) atoms. The first kappa shape index (κ1) is 11.9. The summed E-state index contributed by atoms with van der Waals surface area (Å²) in [6, 6.07) is 8.74. The third-order valence-corrected chi connectivity index (χ3v) is 4.23. The van der Waals surface area contributed by atoms with E-state index in [2.05, 4.69) is 36.1 Å². The maximum absolute atomic E-state index is 4.80. The minimum atomic E-state index is 0.696. The van der Waals surface area contributed by atoms with Crippen LogP contribution in [0.3, 0.4) is 0 Å². The summed E-state index contributed by atoms with van der Waals surface area (Å²) in [6.45, 7) is 6.93. The third kappa shape index (κ3) is 2.22. The zero-order chi connectivity index (χ0) is 12.4. The van der Waals surface area contributed by atoms with Gasteiger partial charge in [-0.05, 0) is 44.5 Å². The Kier molecular flexibility index (Phi) is 3.46. The molecule has 0 aliphatic carbocycles. The van der Waals surface area contributed by atoms with Gasteiger partial charge in [-0.1, -0.05) is 31.2 Å². The van der Waals surface area contributed by atoms with E-state index in [4.69, 9.17) is 4.99 Å². The van der Waals surface area contributed by atoms with Crippen molar-refractivity contribution in [1.82, 2.24) is 4.90 Å². The second-order valence-corrected chi connectivity index (χ2v) is 5.47. The Labute approximate surface area is 110 Å². The molecule has 3 rings (SSSR count). The molecule has 0 unspecified atom stereocenters. The average molecular weight is 242 g/mol. The van der Waals surface area contributed by atoms with Gasteiger partial charge < -0.3 is 4.90 Å². The normalized spacial score (nSPS) is 20.8. The van der Waals surface area contributed by atoms with Crippen molar-refractivity contribution < 1.29 is 0 Å². The molecule has 2 heterocycles. The van der Waals surface area contributed by atoms with Gasteiger partial charge in [0.05, 0.1) is 6.54 Å². The highest BCUT2D eigenvalue weighted by molar-refractivity contribution is 6.05. The first-order valence-electron chi connectivity index (χ1n) is 7.23. The number of rotatable bonds is 3. The first-order chi connectivity index (χ1) is 8.88. The van der Waals surface area contributed by atoms with Crippen LogP contribution in [-0.2, 0) is 6.54 Å². The lowest BCUT2D eigenvalue weighted by Gasteiger charge is -2.32. The number of benzene rings is 1. The van der Waals surface area contributed by atoms with E-state index in [0.717, 1.165) is 6.54 Å². The lowest BCUT2D eigenvalue weighted by Crippen LogP contribution is -2.36. The summed E-state index contributed by atoms with van der Waals surface area (Å²) in [4.78, 5) is 7.39. The maximum atomic E-state index is 4.80. The van der Waals surface area contributed by atoms with Crippen LogP contribution < -0.4 is 0 Å². The predicted octanol–water partition coefficient (Wildman–Crippen LogP) is 3.11. The molecule has 1 fully saturated rings. The molecule has 0 bridgehead atoms. The molecule has 1 saturated heterocycles. The summed E-state index contributed by atoms with van der Waals surface area (Å²) in [7, 11) is 0. The zero-order valence-corrected chi connectivity index (χ0v) is 11.2. The molecule has 2 aliphatic rings. The monoisotopic (exact) mass is 242 g/mol. The molecule has 0 aromatic heterocycles. The van der Waals surface area contributed by atoms with Crippen molar-refractivity contribution in [1.29, 1.82) is 0 Å². The van der Waals surface area contributed by atoms with Crippen LogP contribution >= 0.6 is 0 Å². The van der Waals surface area contributed by atoms with E-state index in [1.54, 1.807) is 0 Å². The quantitative estimate of drug-likeness (QED) is 0.795. The smallest absolute Gasteiger partial charge is 0.0649 e. The fourth-order valence-corrected chi connectivity index (χ4v) is 3.26. The van der Waals surface area contributed by atoms with Gasteiger partial charge in [-0.2, -0.15) is 0 Å². The standard InChI is InChI=1S/C16H22N2/c1-2-9-18-10-7-13(8-11-18)16-15-6-4-3-5-14(15)12-17-16/h3-6,13H,2,7-12H2,1H3. The second-order valence-electron chi connectivity index (χ2n) is 5.47. The third-order valence-electron chi connectivity index (χ3n) is 4.23. The Bertz CT molecular complexity index is 442. The minimum absolute atomic E-state index is 0.696. The molecule has 0 amide bonds. The van der Waals surface area contributed by atoms with Crippen LogP contribution in [0, 0.1) is 5.92 Å². The number of aliphatic imine (C=N–C) groups is 1. The van der Waals surface area contributed by atoms with Crippen LogP contribution in [0.25, 0.3) is 0 Å². The first-order valence-corrected chi connectivity index (χ1v) is 7.23. The van der Waals surface area contributed by atoms with E-state index in [1.807, 2.05) is 0 Å². The molecule has 1 aromatic rings. The lowest BCUT2D eigenvalue weighted by atomic mass is 9.87. The Balaban J connectivity index is 1.68. The molecule has 2 aliphatic heterocycles. The number of piperidine rings is 1. The highest BCUT2D eigenvalue weighted by atomic mass is 15.1. The summed E-state index contributed by atoms with van der Waals surface area (Å²) in [5.74, 6) is 0.696. The molecule has 0 spiro atoms. The number of fused-ring (bicyclic) bond motifs is 1. The predicted molar refractivity (Wildman–Crippen MR) is 76.1 cm³/mol. The molecule has 0 N–H and O–H groups in total. The van der Waals surface area contributed by atoms with E-state index in [1.165, 1.54) is 55.7 Å². The fourth-order valence-electron chi connectivity index (χ4n) is 3.26. The maximum Gasteiger partial charge on any atom is 0.0649 e. The van der Waals surface area contributed by atoms with Crippen molar-refractivity contribution in [3.05, 3.63) is 35.4 Å². The molecule has 1 aromatic carbocycles. The van der Waals surface area contributed by atoms with Gasteiger partial charge >= 0.3 is 0 Å². The topological polar surface area (TPSA) is 15.6 Å².